The second kappa shape index (κ2) is 8.85. The second-order valence-corrected chi connectivity index (χ2v) is 8.80. The molecule has 2 unspecified atom stereocenters. The van der Waals surface area contributed by atoms with Crippen LogP contribution in [0, 0.1) is 25.7 Å². The summed E-state index contributed by atoms with van der Waals surface area (Å²) in [6.45, 7) is 11.7. The Morgan fingerprint density at radius 2 is 1.89 bits per heavy atom. The molecule has 1 aromatic carbocycles. The molecular weight excluding hydrogens is 358 g/mol. The molecule has 0 aliphatic carbocycles. The largest absolute Gasteiger partial charge is 0.484 e. The van der Waals surface area contributed by atoms with Gasteiger partial charge >= 0.3 is 0 Å². The highest BCUT2D eigenvalue weighted by Gasteiger charge is 2.22. The summed E-state index contributed by atoms with van der Waals surface area (Å²) in [5.41, 5.74) is 3.26. The number of aryl methyl sites for hydroxylation is 2. The van der Waals surface area contributed by atoms with E-state index in [1.54, 1.807) is 0 Å². The van der Waals surface area contributed by atoms with Gasteiger partial charge in [0.2, 0.25) is 0 Å². The van der Waals surface area contributed by atoms with Gasteiger partial charge in [0.15, 0.2) is 11.7 Å². The lowest BCUT2D eigenvalue weighted by Crippen LogP contribution is -2.38. The molecule has 0 radical (unpaired) electrons. The first-order valence-electron chi connectivity index (χ1n) is 9.55. The number of hydrogen-bond donors (Lipinski definition) is 1. The number of aromatic nitrogens is 1. The zero-order valence-electron chi connectivity index (χ0n) is 16.6. The molecule has 1 aliphatic heterocycles. The Balaban J connectivity index is 1.49. The molecule has 3 rings (SSSR count). The predicted octanol–water partition coefficient (Wildman–Crippen LogP) is 4.26. The van der Waals surface area contributed by atoms with Gasteiger partial charge in [0, 0.05) is 25.0 Å². The highest BCUT2D eigenvalue weighted by atomic mass is 32.1. The Morgan fingerprint density at radius 3 is 2.56 bits per heavy atom. The monoisotopic (exact) mass is 387 g/mol. The fourth-order valence-corrected chi connectivity index (χ4v) is 4.63. The van der Waals surface area contributed by atoms with E-state index in [9.17, 15) is 4.79 Å². The summed E-state index contributed by atoms with van der Waals surface area (Å²) in [7, 11) is 0. The van der Waals surface area contributed by atoms with Gasteiger partial charge < -0.3 is 4.74 Å². The number of rotatable bonds is 6. The van der Waals surface area contributed by atoms with Crippen LogP contribution in [0.25, 0.3) is 0 Å². The zero-order chi connectivity index (χ0) is 19.4. The maximum atomic E-state index is 12.2. The van der Waals surface area contributed by atoms with Crippen LogP contribution in [0.15, 0.2) is 23.6 Å². The molecule has 0 bridgehead atoms. The van der Waals surface area contributed by atoms with E-state index < -0.39 is 0 Å². The summed E-state index contributed by atoms with van der Waals surface area (Å²) in [6.07, 6.45) is 1.30. The third-order valence-corrected chi connectivity index (χ3v) is 5.50. The Labute approximate surface area is 165 Å². The lowest BCUT2D eigenvalue weighted by atomic mass is 9.92. The Kier molecular flexibility index (Phi) is 6.50. The molecule has 1 aromatic heterocycles. The summed E-state index contributed by atoms with van der Waals surface area (Å²) in [5.74, 6) is 1.99. The summed E-state index contributed by atoms with van der Waals surface area (Å²) in [5, 5.41) is 5.51. The molecule has 0 saturated carbocycles. The maximum absolute atomic E-state index is 12.2. The number of nitrogens with zero attached hydrogens (tertiary/aromatic N) is 2. The number of likely N-dealkylation sites (tertiary alicyclic amines) is 1. The van der Waals surface area contributed by atoms with Crippen LogP contribution >= 0.6 is 11.3 Å². The standard InChI is InChI=1S/C21H29N3O2S/c1-14-5-15(2)8-19(7-14)26-12-20(25)23-21-22-18(13-27-21)11-24-9-16(3)6-17(4)10-24/h5,7-8,13,16-17H,6,9-12H2,1-4H3,(H,22,23,25). The summed E-state index contributed by atoms with van der Waals surface area (Å²) in [6, 6.07) is 5.94. The van der Waals surface area contributed by atoms with Gasteiger partial charge in [-0.2, -0.15) is 0 Å². The summed E-state index contributed by atoms with van der Waals surface area (Å²) >= 11 is 1.47. The number of carbonyl (C=O) groups is 1. The molecule has 2 aromatic rings. The van der Waals surface area contributed by atoms with Gasteiger partial charge in [-0.1, -0.05) is 19.9 Å². The molecule has 1 N–H and O–H groups in total. The maximum Gasteiger partial charge on any atom is 0.264 e. The minimum absolute atomic E-state index is 0.0149. The van der Waals surface area contributed by atoms with Crippen LogP contribution in [0.5, 0.6) is 5.75 Å². The van der Waals surface area contributed by atoms with Crippen LogP contribution in [0.3, 0.4) is 0 Å². The van der Waals surface area contributed by atoms with Crippen molar-refractivity contribution >= 4 is 22.4 Å². The number of anilines is 1. The molecule has 27 heavy (non-hydrogen) atoms. The van der Waals surface area contributed by atoms with Crippen LogP contribution in [0.4, 0.5) is 5.13 Å². The molecule has 5 nitrogen and oxygen atoms in total. The summed E-state index contributed by atoms with van der Waals surface area (Å²) in [4.78, 5) is 19.2. The smallest absolute Gasteiger partial charge is 0.264 e. The average Bonchev–Trinajstić information content (AvgIpc) is 2.98. The van der Waals surface area contributed by atoms with Crippen molar-refractivity contribution in [2.75, 3.05) is 25.0 Å². The number of thiazole rings is 1. The van der Waals surface area contributed by atoms with Crippen LogP contribution in [0.2, 0.25) is 0 Å². The lowest BCUT2D eigenvalue weighted by Gasteiger charge is -2.34. The van der Waals surface area contributed by atoms with Crippen molar-refractivity contribution in [3.05, 3.63) is 40.4 Å². The number of amides is 1. The Hall–Kier alpha value is -1.92. The SMILES string of the molecule is Cc1cc(C)cc(OCC(=O)Nc2nc(CN3CC(C)CC(C)C3)cs2)c1. The van der Waals surface area contributed by atoms with E-state index in [4.69, 9.17) is 4.74 Å². The van der Waals surface area contributed by atoms with E-state index in [0.29, 0.717) is 5.13 Å². The number of ether oxygens (including phenoxy) is 1. The molecule has 1 amide bonds. The minimum atomic E-state index is -0.185. The highest BCUT2D eigenvalue weighted by molar-refractivity contribution is 7.13. The molecule has 146 valence electrons. The number of hydrogen-bond acceptors (Lipinski definition) is 5. The number of piperidine rings is 1. The fraction of sp³-hybridized carbons (Fsp3) is 0.524. The van der Waals surface area contributed by atoms with Gasteiger partial charge in [-0.3, -0.25) is 15.0 Å². The number of carbonyl (C=O) groups excluding carboxylic acids is 1. The van der Waals surface area contributed by atoms with Gasteiger partial charge in [-0.05, 0) is 55.4 Å². The highest BCUT2D eigenvalue weighted by Crippen LogP contribution is 2.24. The minimum Gasteiger partial charge on any atom is -0.484 e. The molecular formula is C21H29N3O2S. The van der Waals surface area contributed by atoms with Gasteiger partial charge in [0.25, 0.3) is 5.91 Å². The van der Waals surface area contributed by atoms with E-state index in [2.05, 4.69) is 35.1 Å². The number of benzene rings is 1. The van der Waals surface area contributed by atoms with Crippen molar-refractivity contribution in [2.45, 2.75) is 40.7 Å². The number of nitrogens with one attached hydrogen (secondary N) is 1. The normalized spacial score (nSPS) is 20.4. The first-order valence-corrected chi connectivity index (χ1v) is 10.4. The predicted molar refractivity (Wildman–Crippen MR) is 110 cm³/mol. The molecule has 1 fully saturated rings. The lowest BCUT2D eigenvalue weighted by molar-refractivity contribution is -0.118. The van der Waals surface area contributed by atoms with E-state index in [1.165, 1.54) is 17.8 Å². The van der Waals surface area contributed by atoms with Crippen molar-refractivity contribution < 1.29 is 9.53 Å². The van der Waals surface area contributed by atoms with E-state index in [-0.39, 0.29) is 12.5 Å². The summed E-state index contributed by atoms with van der Waals surface area (Å²) < 4.78 is 5.61. The zero-order valence-corrected chi connectivity index (χ0v) is 17.4. The van der Waals surface area contributed by atoms with Crippen LogP contribution < -0.4 is 10.1 Å². The first kappa shape index (κ1) is 19.8. The van der Waals surface area contributed by atoms with E-state index in [0.717, 1.165) is 54.0 Å². The molecule has 1 saturated heterocycles. The third-order valence-electron chi connectivity index (χ3n) is 4.69. The quantitative estimate of drug-likeness (QED) is 0.805. The van der Waals surface area contributed by atoms with Crippen LogP contribution in [0.1, 0.15) is 37.1 Å². The van der Waals surface area contributed by atoms with Crippen molar-refractivity contribution in [2.24, 2.45) is 11.8 Å². The van der Waals surface area contributed by atoms with Gasteiger partial charge in [-0.15, -0.1) is 11.3 Å². The van der Waals surface area contributed by atoms with Crippen LogP contribution in [-0.4, -0.2) is 35.5 Å². The first-order chi connectivity index (χ1) is 12.9. The topological polar surface area (TPSA) is 54.5 Å². The Bertz CT molecular complexity index is 759. The van der Waals surface area contributed by atoms with Crippen molar-refractivity contribution in [1.82, 2.24) is 9.88 Å². The Morgan fingerprint density at radius 1 is 1.22 bits per heavy atom. The van der Waals surface area contributed by atoms with Crippen molar-refractivity contribution in [3.63, 3.8) is 0 Å². The second-order valence-electron chi connectivity index (χ2n) is 7.94. The van der Waals surface area contributed by atoms with Crippen molar-refractivity contribution in [3.8, 4) is 5.75 Å². The molecule has 6 heteroatoms. The molecule has 1 aliphatic rings. The molecule has 2 heterocycles. The third kappa shape index (κ3) is 6.04. The van der Waals surface area contributed by atoms with E-state index >= 15 is 0 Å². The van der Waals surface area contributed by atoms with Gasteiger partial charge in [0.05, 0.1) is 5.69 Å². The van der Waals surface area contributed by atoms with E-state index in [1.807, 2.05) is 31.4 Å². The molecule has 0 spiro atoms. The molecule has 2 atom stereocenters. The van der Waals surface area contributed by atoms with Gasteiger partial charge in [-0.25, -0.2) is 4.98 Å². The average molecular weight is 388 g/mol. The van der Waals surface area contributed by atoms with Gasteiger partial charge in [0.1, 0.15) is 5.75 Å². The fourth-order valence-electron chi connectivity index (χ4n) is 3.91. The van der Waals surface area contributed by atoms with Crippen LogP contribution in [-0.2, 0) is 11.3 Å². The van der Waals surface area contributed by atoms with Crippen molar-refractivity contribution in [1.29, 1.82) is 0 Å².